The number of furan rings is 1. The first kappa shape index (κ1) is 22.3. The summed E-state index contributed by atoms with van der Waals surface area (Å²) in [5, 5.41) is 9.76. The Kier molecular flexibility index (Phi) is 6.98. The number of morpholine rings is 2. The van der Waals surface area contributed by atoms with Crippen molar-refractivity contribution in [3.05, 3.63) is 36.2 Å². The molecular weight excluding hydrogens is 442 g/mol. The third kappa shape index (κ3) is 5.53. The molecule has 0 bridgehead atoms. The molecule has 0 atom stereocenters. The second-order valence-electron chi connectivity index (χ2n) is 7.89. The summed E-state index contributed by atoms with van der Waals surface area (Å²) in [6.45, 7) is 6.87. The average molecular weight is 470 g/mol. The molecule has 5 rings (SSSR count). The Bertz CT molecular complexity index is 1080. The van der Waals surface area contributed by atoms with Gasteiger partial charge in [0, 0.05) is 44.9 Å². The Morgan fingerprint density at radius 1 is 1.09 bits per heavy atom. The van der Waals surface area contributed by atoms with Crippen molar-refractivity contribution < 1.29 is 23.4 Å². The number of aromatic amines is 1. The van der Waals surface area contributed by atoms with Crippen LogP contribution in [0.1, 0.15) is 10.5 Å². The first-order chi connectivity index (χ1) is 16.7. The first-order valence-corrected chi connectivity index (χ1v) is 11.3. The van der Waals surface area contributed by atoms with E-state index < -0.39 is 5.91 Å². The number of anilines is 2. The molecular formula is C22H27N7O5. The summed E-state index contributed by atoms with van der Waals surface area (Å²) < 4.78 is 22.1. The molecule has 180 valence electrons. The van der Waals surface area contributed by atoms with Crippen LogP contribution in [0, 0.1) is 0 Å². The van der Waals surface area contributed by atoms with E-state index in [1.165, 1.54) is 0 Å². The van der Waals surface area contributed by atoms with Crippen molar-refractivity contribution in [2.75, 3.05) is 76.0 Å². The number of carbonyl (C=O) groups is 1. The van der Waals surface area contributed by atoms with Gasteiger partial charge in [-0.2, -0.15) is 10.1 Å². The Hall–Kier alpha value is -3.48. The molecule has 0 spiro atoms. The fourth-order valence-electron chi connectivity index (χ4n) is 3.74. The molecule has 0 saturated carbocycles. The summed E-state index contributed by atoms with van der Waals surface area (Å²) >= 11 is 0. The molecule has 34 heavy (non-hydrogen) atoms. The van der Waals surface area contributed by atoms with Crippen LogP contribution in [-0.4, -0.2) is 96.7 Å². The fraction of sp³-hybridized carbons (Fsp3) is 0.455. The van der Waals surface area contributed by atoms with Crippen LogP contribution >= 0.6 is 0 Å². The van der Waals surface area contributed by atoms with E-state index in [2.05, 4.69) is 30.4 Å². The molecule has 2 aliphatic heterocycles. The number of aromatic nitrogens is 4. The SMILES string of the molecule is O=C(Nc1cc(-c2ccco2)[nH]n1)c1cc(OCCN2CCOCC2)nc(N2CCOCC2)n1. The lowest BCUT2D eigenvalue weighted by atomic mass is 10.3. The topological polar surface area (TPSA) is 131 Å². The highest BCUT2D eigenvalue weighted by atomic mass is 16.5. The molecule has 2 aliphatic rings. The molecule has 0 aromatic carbocycles. The predicted octanol–water partition coefficient (Wildman–Crippen LogP) is 1.26. The van der Waals surface area contributed by atoms with Crippen LogP contribution in [0.4, 0.5) is 11.8 Å². The predicted molar refractivity (Wildman–Crippen MR) is 122 cm³/mol. The van der Waals surface area contributed by atoms with E-state index in [1.54, 1.807) is 30.5 Å². The third-order valence-corrected chi connectivity index (χ3v) is 5.58. The minimum Gasteiger partial charge on any atom is -0.476 e. The maximum atomic E-state index is 13.0. The van der Waals surface area contributed by atoms with Crippen LogP contribution in [-0.2, 0) is 9.47 Å². The van der Waals surface area contributed by atoms with Crippen LogP contribution in [0.3, 0.4) is 0 Å². The molecule has 0 radical (unpaired) electrons. The normalized spacial score (nSPS) is 17.0. The summed E-state index contributed by atoms with van der Waals surface area (Å²) in [6.07, 6.45) is 1.57. The lowest BCUT2D eigenvalue weighted by Gasteiger charge is -2.27. The van der Waals surface area contributed by atoms with Gasteiger partial charge in [-0.1, -0.05) is 0 Å². The molecule has 2 fully saturated rings. The number of nitrogens with zero attached hydrogens (tertiary/aromatic N) is 5. The standard InChI is InChI=1S/C22H27N7O5/c30-21(24-19-14-16(26-27-19)18-2-1-8-33-18)17-15-20(34-13-5-28-3-9-31-10-4-28)25-22(23-17)29-6-11-32-12-7-29/h1-2,8,14-15H,3-7,9-13H2,(H2,24,26,27,30). The van der Waals surface area contributed by atoms with Gasteiger partial charge in [0.1, 0.15) is 18.0 Å². The van der Waals surface area contributed by atoms with Gasteiger partial charge < -0.3 is 28.8 Å². The van der Waals surface area contributed by atoms with Crippen LogP contribution in [0.25, 0.3) is 11.5 Å². The molecule has 2 saturated heterocycles. The van der Waals surface area contributed by atoms with Crippen molar-refractivity contribution >= 4 is 17.7 Å². The molecule has 1 amide bonds. The summed E-state index contributed by atoms with van der Waals surface area (Å²) in [5.41, 5.74) is 0.851. The number of ether oxygens (including phenoxy) is 3. The third-order valence-electron chi connectivity index (χ3n) is 5.58. The number of carbonyl (C=O) groups excluding carboxylic acids is 1. The summed E-state index contributed by atoms with van der Waals surface area (Å²) in [4.78, 5) is 26.3. The first-order valence-electron chi connectivity index (χ1n) is 11.3. The van der Waals surface area contributed by atoms with Crippen molar-refractivity contribution in [3.63, 3.8) is 0 Å². The van der Waals surface area contributed by atoms with Crippen LogP contribution in [0.15, 0.2) is 34.9 Å². The van der Waals surface area contributed by atoms with Crippen molar-refractivity contribution in [1.29, 1.82) is 0 Å². The molecule has 0 aliphatic carbocycles. The minimum absolute atomic E-state index is 0.195. The molecule has 12 heteroatoms. The number of hydrogen-bond acceptors (Lipinski definition) is 10. The minimum atomic E-state index is -0.410. The highest BCUT2D eigenvalue weighted by Gasteiger charge is 2.20. The van der Waals surface area contributed by atoms with E-state index in [1.807, 2.05) is 4.90 Å². The zero-order valence-electron chi connectivity index (χ0n) is 18.7. The van der Waals surface area contributed by atoms with E-state index in [0.29, 0.717) is 62.0 Å². The number of rotatable bonds is 8. The van der Waals surface area contributed by atoms with Gasteiger partial charge in [-0.05, 0) is 12.1 Å². The van der Waals surface area contributed by atoms with E-state index in [4.69, 9.17) is 18.6 Å². The van der Waals surface area contributed by atoms with Gasteiger partial charge >= 0.3 is 0 Å². The lowest BCUT2D eigenvalue weighted by Crippen LogP contribution is -2.39. The molecule has 3 aromatic heterocycles. The van der Waals surface area contributed by atoms with E-state index in [-0.39, 0.29) is 5.69 Å². The largest absolute Gasteiger partial charge is 0.476 e. The smallest absolute Gasteiger partial charge is 0.275 e. The van der Waals surface area contributed by atoms with Crippen LogP contribution < -0.4 is 15.0 Å². The maximum absolute atomic E-state index is 13.0. The zero-order valence-corrected chi connectivity index (χ0v) is 18.7. The van der Waals surface area contributed by atoms with E-state index >= 15 is 0 Å². The second kappa shape index (κ2) is 10.6. The fourth-order valence-corrected chi connectivity index (χ4v) is 3.74. The van der Waals surface area contributed by atoms with Gasteiger partial charge in [0.25, 0.3) is 5.91 Å². The van der Waals surface area contributed by atoms with Crippen LogP contribution in [0.5, 0.6) is 5.88 Å². The van der Waals surface area contributed by atoms with Gasteiger partial charge in [0.2, 0.25) is 11.8 Å². The number of amides is 1. The Balaban J connectivity index is 1.30. The molecule has 2 N–H and O–H groups in total. The average Bonchev–Trinajstić information content (AvgIpc) is 3.57. The Morgan fingerprint density at radius 3 is 2.65 bits per heavy atom. The van der Waals surface area contributed by atoms with Crippen molar-refractivity contribution in [1.82, 2.24) is 25.1 Å². The summed E-state index contributed by atoms with van der Waals surface area (Å²) in [5.74, 6) is 1.37. The zero-order chi connectivity index (χ0) is 23.2. The molecule has 5 heterocycles. The van der Waals surface area contributed by atoms with E-state index in [0.717, 1.165) is 32.8 Å². The summed E-state index contributed by atoms with van der Waals surface area (Å²) in [7, 11) is 0. The summed E-state index contributed by atoms with van der Waals surface area (Å²) in [6, 6.07) is 6.83. The van der Waals surface area contributed by atoms with Gasteiger partial charge in [0.15, 0.2) is 11.6 Å². The van der Waals surface area contributed by atoms with E-state index in [9.17, 15) is 4.79 Å². The van der Waals surface area contributed by atoms with Crippen molar-refractivity contribution in [2.24, 2.45) is 0 Å². The highest BCUT2D eigenvalue weighted by molar-refractivity contribution is 6.02. The molecule has 3 aromatic rings. The monoisotopic (exact) mass is 469 g/mol. The molecule has 0 unspecified atom stereocenters. The lowest BCUT2D eigenvalue weighted by molar-refractivity contribution is 0.0320. The number of H-pyrrole nitrogens is 1. The van der Waals surface area contributed by atoms with Gasteiger partial charge in [0.05, 0.1) is 32.7 Å². The van der Waals surface area contributed by atoms with Crippen LogP contribution in [0.2, 0.25) is 0 Å². The van der Waals surface area contributed by atoms with Crippen molar-refractivity contribution in [2.45, 2.75) is 0 Å². The van der Waals surface area contributed by atoms with Gasteiger partial charge in [-0.25, -0.2) is 4.98 Å². The Morgan fingerprint density at radius 2 is 1.88 bits per heavy atom. The maximum Gasteiger partial charge on any atom is 0.275 e. The Labute approximate surface area is 196 Å². The second-order valence-corrected chi connectivity index (χ2v) is 7.89. The van der Waals surface area contributed by atoms with Gasteiger partial charge in [-0.15, -0.1) is 0 Å². The highest BCUT2D eigenvalue weighted by Crippen LogP contribution is 2.21. The quantitative estimate of drug-likeness (QED) is 0.497. The number of nitrogens with one attached hydrogen (secondary N) is 2. The van der Waals surface area contributed by atoms with Gasteiger partial charge in [-0.3, -0.25) is 14.8 Å². The molecule has 12 nitrogen and oxygen atoms in total. The number of hydrogen-bond donors (Lipinski definition) is 2. The van der Waals surface area contributed by atoms with Crippen molar-refractivity contribution in [3.8, 4) is 17.3 Å².